The molecule has 0 saturated heterocycles. The van der Waals surface area contributed by atoms with Crippen LogP contribution in [0.4, 0.5) is 0 Å². The molecule has 7 nitrogen and oxygen atoms in total. The van der Waals surface area contributed by atoms with Gasteiger partial charge in [0.25, 0.3) is 0 Å². The van der Waals surface area contributed by atoms with E-state index in [0.29, 0.717) is 18.9 Å². The summed E-state index contributed by atoms with van der Waals surface area (Å²) in [5, 5.41) is 6.50. The molecule has 0 aliphatic carbocycles. The van der Waals surface area contributed by atoms with E-state index in [9.17, 15) is 8.42 Å². The Morgan fingerprint density at radius 1 is 1.31 bits per heavy atom. The lowest BCUT2D eigenvalue weighted by molar-refractivity contribution is 0.581. The predicted molar refractivity (Wildman–Crippen MR) is 130 cm³/mol. The molecule has 1 aromatic carbocycles. The fourth-order valence-electron chi connectivity index (χ4n) is 2.78. The molecule has 0 saturated carbocycles. The Bertz CT molecular complexity index is 896. The quantitative estimate of drug-likeness (QED) is 0.294. The van der Waals surface area contributed by atoms with Crippen LogP contribution >= 0.6 is 24.0 Å². The molecule has 2 rings (SSSR count). The van der Waals surface area contributed by atoms with Crippen LogP contribution in [0.25, 0.3) is 0 Å². The molecular formula is C20H32IN5O2S. The highest BCUT2D eigenvalue weighted by atomic mass is 127. The monoisotopic (exact) mass is 533 g/mol. The third kappa shape index (κ3) is 9.62. The van der Waals surface area contributed by atoms with Gasteiger partial charge in [-0.25, -0.2) is 18.4 Å². The van der Waals surface area contributed by atoms with Gasteiger partial charge in [-0.05, 0) is 38.3 Å². The van der Waals surface area contributed by atoms with Crippen LogP contribution in [0, 0.1) is 6.92 Å². The summed E-state index contributed by atoms with van der Waals surface area (Å²) in [6.45, 7) is 8.03. The Hall–Kier alpha value is -1.62. The first-order valence-corrected chi connectivity index (χ1v) is 11.6. The second-order valence-electron chi connectivity index (χ2n) is 7.08. The maximum absolute atomic E-state index is 11.3. The number of sulfone groups is 1. The number of imidazole rings is 1. The van der Waals surface area contributed by atoms with Gasteiger partial charge in [0.05, 0.1) is 12.3 Å². The van der Waals surface area contributed by atoms with Crippen molar-refractivity contribution in [2.75, 3.05) is 18.6 Å². The molecule has 0 aliphatic rings. The SMILES string of the molecule is CCNC(=NCc1cccc(Cn2ccnc2C)c1)NC(C)CCS(C)(=O)=O.I. The number of benzene rings is 1. The maximum atomic E-state index is 11.3. The van der Waals surface area contributed by atoms with Crippen molar-refractivity contribution in [1.82, 2.24) is 20.2 Å². The minimum atomic E-state index is -2.96. The molecule has 0 aliphatic heterocycles. The zero-order chi connectivity index (χ0) is 20.6. The lowest BCUT2D eigenvalue weighted by Crippen LogP contribution is -2.42. The van der Waals surface area contributed by atoms with Gasteiger partial charge in [-0.15, -0.1) is 24.0 Å². The van der Waals surface area contributed by atoms with Crippen molar-refractivity contribution in [3.63, 3.8) is 0 Å². The summed E-state index contributed by atoms with van der Waals surface area (Å²) in [6.07, 6.45) is 5.59. The number of nitrogens with one attached hydrogen (secondary N) is 2. The van der Waals surface area contributed by atoms with Crippen molar-refractivity contribution >= 4 is 39.8 Å². The molecule has 9 heteroatoms. The zero-order valence-corrected chi connectivity index (χ0v) is 20.7. The van der Waals surface area contributed by atoms with Crippen LogP contribution in [0.5, 0.6) is 0 Å². The molecule has 1 atom stereocenters. The first-order chi connectivity index (χ1) is 13.3. The van der Waals surface area contributed by atoms with Crippen molar-refractivity contribution in [2.45, 2.75) is 46.3 Å². The number of nitrogens with zero attached hydrogens (tertiary/aromatic N) is 3. The van der Waals surface area contributed by atoms with E-state index >= 15 is 0 Å². The fourth-order valence-corrected chi connectivity index (χ4v) is 3.56. The van der Waals surface area contributed by atoms with E-state index in [1.54, 1.807) is 0 Å². The first kappa shape index (κ1) is 25.4. The van der Waals surface area contributed by atoms with Gasteiger partial charge >= 0.3 is 0 Å². The number of hydrogen-bond acceptors (Lipinski definition) is 4. The Kier molecular flexibility index (Phi) is 10.7. The van der Waals surface area contributed by atoms with E-state index in [-0.39, 0.29) is 35.8 Å². The van der Waals surface area contributed by atoms with Gasteiger partial charge in [-0.3, -0.25) is 0 Å². The van der Waals surface area contributed by atoms with Gasteiger partial charge < -0.3 is 15.2 Å². The van der Waals surface area contributed by atoms with Gasteiger partial charge in [-0.1, -0.05) is 24.3 Å². The molecule has 0 amide bonds. The molecule has 2 N–H and O–H groups in total. The van der Waals surface area contributed by atoms with Gasteiger partial charge in [0, 0.05) is 37.8 Å². The summed E-state index contributed by atoms with van der Waals surface area (Å²) in [5.41, 5.74) is 2.32. The molecule has 0 spiro atoms. The highest BCUT2D eigenvalue weighted by Gasteiger charge is 2.09. The second kappa shape index (κ2) is 12.2. The summed E-state index contributed by atoms with van der Waals surface area (Å²) in [4.78, 5) is 8.91. The highest BCUT2D eigenvalue weighted by molar-refractivity contribution is 14.0. The number of aliphatic imine (C=N–C) groups is 1. The number of rotatable bonds is 9. The Balaban J connectivity index is 0.00000420. The summed E-state index contributed by atoms with van der Waals surface area (Å²) in [7, 11) is -2.96. The summed E-state index contributed by atoms with van der Waals surface area (Å²) < 4.78 is 24.8. The van der Waals surface area contributed by atoms with Crippen LogP contribution in [0.3, 0.4) is 0 Å². The van der Waals surface area contributed by atoms with E-state index in [1.807, 2.05) is 39.2 Å². The van der Waals surface area contributed by atoms with Crippen molar-refractivity contribution in [3.8, 4) is 0 Å². The molecule has 0 fully saturated rings. The van der Waals surface area contributed by atoms with Gasteiger partial charge in [0.1, 0.15) is 15.7 Å². The highest BCUT2D eigenvalue weighted by Crippen LogP contribution is 2.10. The molecule has 0 bridgehead atoms. The lowest BCUT2D eigenvalue weighted by Gasteiger charge is -2.17. The maximum Gasteiger partial charge on any atom is 0.191 e. The van der Waals surface area contributed by atoms with Crippen LogP contribution in [0.15, 0.2) is 41.7 Å². The molecule has 2 aromatic rings. The van der Waals surface area contributed by atoms with E-state index in [1.165, 1.54) is 11.8 Å². The van der Waals surface area contributed by atoms with Crippen molar-refractivity contribution < 1.29 is 8.42 Å². The average molecular weight is 533 g/mol. The van der Waals surface area contributed by atoms with Crippen molar-refractivity contribution in [3.05, 3.63) is 53.6 Å². The summed E-state index contributed by atoms with van der Waals surface area (Å²) >= 11 is 0. The zero-order valence-electron chi connectivity index (χ0n) is 17.6. The van der Waals surface area contributed by atoms with Gasteiger partial charge in [0.15, 0.2) is 5.96 Å². The normalized spacial score (nSPS) is 12.9. The van der Waals surface area contributed by atoms with Gasteiger partial charge in [0.2, 0.25) is 0 Å². The van der Waals surface area contributed by atoms with E-state index in [2.05, 4.69) is 43.4 Å². The van der Waals surface area contributed by atoms with Crippen LogP contribution in [0.1, 0.15) is 37.2 Å². The first-order valence-electron chi connectivity index (χ1n) is 9.55. The molecule has 1 aromatic heterocycles. The summed E-state index contributed by atoms with van der Waals surface area (Å²) in [6, 6.07) is 8.37. The second-order valence-corrected chi connectivity index (χ2v) is 9.34. The van der Waals surface area contributed by atoms with E-state index in [4.69, 9.17) is 0 Å². The smallest absolute Gasteiger partial charge is 0.191 e. The Morgan fingerprint density at radius 3 is 2.66 bits per heavy atom. The van der Waals surface area contributed by atoms with E-state index in [0.717, 1.165) is 24.5 Å². The minimum absolute atomic E-state index is 0. The number of hydrogen-bond donors (Lipinski definition) is 2. The lowest BCUT2D eigenvalue weighted by atomic mass is 10.1. The van der Waals surface area contributed by atoms with Crippen LogP contribution < -0.4 is 10.6 Å². The molecule has 0 radical (unpaired) electrons. The average Bonchev–Trinajstić information content (AvgIpc) is 3.03. The number of aryl methyl sites for hydroxylation is 1. The number of aromatic nitrogens is 2. The number of halogens is 1. The molecular weight excluding hydrogens is 501 g/mol. The van der Waals surface area contributed by atoms with Crippen molar-refractivity contribution in [2.24, 2.45) is 4.99 Å². The van der Waals surface area contributed by atoms with Crippen molar-refractivity contribution in [1.29, 1.82) is 0 Å². The molecule has 1 unspecified atom stereocenters. The van der Waals surface area contributed by atoms with Gasteiger partial charge in [-0.2, -0.15) is 0 Å². The largest absolute Gasteiger partial charge is 0.357 e. The third-order valence-corrected chi connectivity index (χ3v) is 5.31. The van der Waals surface area contributed by atoms with Crippen LogP contribution in [-0.2, 0) is 22.9 Å². The number of guanidine groups is 1. The topological polar surface area (TPSA) is 88.4 Å². The molecule has 1 heterocycles. The predicted octanol–water partition coefficient (Wildman–Crippen LogP) is 2.74. The molecule has 29 heavy (non-hydrogen) atoms. The van der Waals surface area contributed by atoms with Crippen LogP contribution in [-0.4, -0.2) is 48.5 Å². The Morgan fingerprint density at radius 2 is 2.03 bits per heavy atom. The molecule has 162 valence electrons. The summed E-state index contributed by atoms with van der Waals surface area (Å²) in [5.74, 6) is 1.85. The Labute approximate surface area is 191 Å². The standard InChI is InChI=1S/C20H31N5O2S.HI/c1-5-21-20(24-16(2)9-12-28(4,26)27)23-14-18-7-6-8-19(13-18)15-25-11-10-22-17(25)3;/h6-8,10-11,13,16H,5,9,12,14-15H2,1-4H3,(H2,21,23,24);1H. The minimum Gasteiger partial charge on any atom is -0.357 e. The van der Waals surface area contributed by atoms with Crippen LogP contribution in [0.2, 0.25) is 0 Å². The third-order valence-electron chi connectivity index (χ3n) is 4.34. The van der Waals surface area contributed by atoms with E-state index < -0.39 is 9.84 Å². The fraction of sp³-hybridized carbons (Fsp3) is 0.500.